The standard InChI is InChI=1S/C18H14ClN3O/c19-14-1-4-17-13(9-14)6-8-22(17)11-18(23)21-15-2-3-16-12(10-15)5-7-20-16/h1-10,20H,11H2,(H,21,23). The van der Waals surface area contributed by atoms with Crippen molar-refractivity contribution in [3.05, 3.63) is 65.9 Å². The van der Waals surface area contributed by atoms with E-state index in [1.807, 2.05) is 65.5 Å². The second kappa shape index (κ2) is 5.48. The highest BCUT2D eigenvalue weighted by molar-refractivity contribution is 6.31. The number of anilines is 1. The minimum Gasteiger partial charge on any atom is -0.361 e. The molecule has 0 saturated heterocycles. The lowest BCUT2D eigenvalue weighted by molar-refractivity contribution is -0.116. The summed E-state index contributed by atoms with van der Waals surface area (Å²) in [6, 6.07) is 15.4. The summed E-state index contributed by atoms with van der Waals surface area (Å²) in [5.74, 6) is -0.0627. The van der Waals surface area contributed by atoms with E-state index >= 15 is 0 Å². The molecule has 4 nitrogen and oxygen atoms in total. The second-order valence-electron chi connectivity index (χ2n) is 5.47. The highest BCUT2D eigenvalue weighted by Crippen LogP contribution is 2.21. The van der Waals surface area contributed by atoms with Crippen LogP contribution in [-0.2, 0) is 11.3 Å². The van der Waals surface area contributed by atoms with Crippen LogP contribution in [0.5, 0.6) is 0 Å². The summed E-state index contributed by atoms with van der Waals surface area (Å²) in [5, 5.41) is 5.73. The third-order valence-electron chi connectivity index (χ3n) is 3.88. The van der Waals surface area contributed by atoms with Gasteiger partial charge in [-0.1, -0.05) is 11.6 Å². The average molecular weight is 324 g/mol. The van der Waals surface area contributed by atoms with E-state index in [4.69, 9.17) is 11.6 Å². The third-order valence-corrected chi connectivity index (χ3v) is 4.12. The molecule has 1 amide bonds. The zero-order chi connectivity index (χ0) is 15.8. The fourth-order valence-corrected chi connectivity index (χ4v) is 2.98. The van der Waals surface area contributed by atoms with Crippen molar-refractivity contribution < 1.29 is 4.79 Å². The van der Waals surface area contributed by atoms with Crippen molar-refractivity contribution in [1.82, 2.24) is 9.55 Å². The minimum absolute atomic E-state index is 0.0627. The maximum absolute atomic E-state index is 12.3. The maximum atomic E-state index is 12.3. The number of hydrogen-bond donors (Lipinski definition) is 2. The SMILES string of the molecule is O=C(Cn1ccc2cc(Cl)ccc21)Nc1ccc2[nH]ccc2c1. The minimum atomic E-state index is -0.0627. The fourth-order valence-electron chi connectivity index (χ4n) is 2.80. The highest BCUT2D eigenvalue weighted by atomic mass is 35.5. The van der Waals surface area contributed by atoms with Crippen LogP contribution in [0.25, 0.3) is 21.8 Å². The van der Waals surface area contributed by atoms with Crippen LogP contribution in [0.4, 0.5) is 5.69 Å². The molecule has 2 aromatic heterocycles. The van der Waals surface area contributed by atoms with Crippen LogP contribution in [0.15, 0.2) is 60.9 Å². The summed E-state index contributed by atoms with van der Waals surface area (Å²) in [7, 11) is 0. The summed E-state index contributed by atoms with van der Waals surface area (Å²) < 4.78 is 1.91. The summed E-state index contributed by atoms with van der Waals surface area (Å²) in [4.78, 5) is 15.4. The Labute approximate surface area is 137 Å². The van der Waals surface area contributed by atoms with Crippen LogP contribution in [0, 0.1) is 0 Å². The van der Waals surface area contributed by atoms with E-state index in [-0.39, 0.29) is 12.5 Å². The van der Waals surface area contributed by atoms with Crippen LogP contribution < -0.4 is 5.32 Å². The molecule has 5 heteroatoms. The third kappa shape index (κ3) is 2.69. The number of halogens is 1. The lowest BCUT2D eigenvalue weighted by Gasteiger charge is -2.08. The van der Waals surface area contributed by atoms with Gasteiger partial charge in [0.15, 0.2) is 0 Å². The number of aromatic nitrogens is 2. The van der Waals surface area contributed by atoms with Crippen LogP contribution in [0.1, 0.15) is 0 Å². The van der Waals surface area contributed by atoms with Crippen molar-refractivity contribution >= 4 is 45.0 Å². The van der Waals surface area contributed by atoms with E-state index in [2.05, 4.69) is 10.3 Å². The average Bonchev–Trinajstić information content (AvgIpc) is 3.13. The molecular formula is C18H14ClN3O. The van der Waals surface area contributed by atoms with Gasteiger partial charge in [-0.25, -0.2) is 0 Å². The number of carbonyl (C=O) groups is 1. The quantitative estimate of drug-likeness (QED) is 0.576. The Kier molecular flexibility index (Phi) is 3.32. The highest BCUT2D eigenvalue weighted by Gasteiger charge is 2.07. The smallest absolute Gasteiger partial charge is 0.244 e. The van der Waals surface area contributed by atoms with Crippen molar-refractivity contribution in [1.29, 1.82) is 0 Å². The Balaban J connectivity index is 1.54. The number of nitrogens with one attached hydrogen (secondary N) is 2. The number of fused-ring (bicyclic) bond motifs is 2. The summed E-state index contributed by atoms with van der Waals surface area (Å²) in [6.45, 7) is 0.260. The summed E-state index contributed by atoms with van der Waals surface area (Å²) in [6.07, 6.45) is 3.78. The molecular weight excluding hydrogens is 310 g/mol. The van der Waals surface area contributed by atoms with Gasteiger partial charge in [0.2, 0.25) is 5.91 Å². The summed E-state index contributed by atoms with van der Waals surface area (Å²) >= 11 is 5.99. The number of benzene rings is 2. The van der Waals surface area contributed by atoms with Crippen molar-refractivity contribution in [3.8, 4) is 0 Å². The van der Waals surface area contributed by atoms with Crippen LogP contribution in [-0.4, -0.2) is 15.5 Å². The molecule has 23 heavy (non-hydrogen) atoms. The van der Waals surface area contributed by atoms with E-state index in [9.17, 15) is 4.79 Å². The molecule has 2 heterocycles. The largest absolute Gasteiger partial charge is 0.361 e. The zero-order valence-electron chi connectivity index (χ0n) is 12.2. The molecule has 0 aliphatic heterocycles. The molecule has 0 aliphatic carbocycles. The van der Waals surface area contributed by atoms with E-state index in [0.717, 1.165) is 27.5 Å². The van der Waals surface area contributed by atoms with E-state index < -0.39 is 0 Å². The molecule has 0 spiro atoms. The van der Waals surface area contributed by atoms with Gasteiger partial charge in [-0.05, 0) is 48.5 Å². The predicted molar refractivity (Wildman–Crippen MR) is 93.9 cm³/mol. The Bertz CT molecular complexity index is 1020. The van der Waals surface area contributed by atoms with Gasteiger partial charge < -0.3 is 14.9 Å². The van der Waals surface area contributed by atoms with Crippen molar-refractivity contribution in [2.75, 3.05) is 5.32 Å². The molecule has 0 bridgehead atoms. The number of hydrogen-bond acceptors (Lipinski definition) is 1. The summed E-state index contributed by atoms with van der Waals surface area (Å²) in [5.41, 5.74) is 2.84. The molecule has 0 aliphatic rings. The topological polar surface area (TPSA) is 49.8 Å². The van der Waals surface area contributed by atoms with Gasteiger partial charge in [-0.3, -0.25) is 4.79 Å². The van der Waals surface area contributed by atoms with Gasteiger partial charge in [0.05, 0.1) is 0 Å². The zero-order valence-corrected chi connectivity index (χ0v) is 13.0. The van der Waals surface area contributed by atoms with Gasteiger partial charge in [0.1, 0.15) is 6.54 Å². The molecule has 2 aromatic carbocycles. The normalized spacial score (nSPS) is 11.2. The fraction of sp³-hybridized carbons (Fsp3) is 0.0556. The molecule has 4 rings (SSSR count). The first-order valence-electron chi connectivity index (χ1n) is 7.30. The Hall–Kier alpha value is -2.72. The van der Waals surface area contributed by atoms with E-state index in [0.29, 0.717) is 5.02 Å². The van der Waals surface area contributed by atoms with Gasteiger partial charge in [0.25, 0.3) is 0 Å². The Morgan fingerprint density at radius 3 is 2.91 bits per heavy atom. The molecule has 0 radical (unpaired) electrons. The van der Waals surface area contributed by atoms with Gasteiger partial charge >= 0.3 is 0 Å². The van der Waals surface area contributed by atoms with Crippen molar-refractivity contribution in [2.45, 2.75) is 6.54 Å². The number of H-pyrrole nitrogens is 1. The van der Waals surface area contributed by atoms with Gasteiger partial charge in [-0.15, -0.1) is 0 Å². The molecule has 0 fully saturated rings. The number of carbonyl (C=O) groups excluding carboxylic acids is 1. The first-order valence-corrected chi connectivity index (χ1v) is 7.68. The first kappa shape index (κ1) is 13.9. The van der Waals surface area contributed by atoms with Crippen molar-refractivity contribution in [2.24, 2.45) is 0 Å². The molecule has 0 atom stereocenters. The molecule has 0 unspecified atom stereocenters. The van der Waals surface area contributed by atoms with Crippen LogP contribution in [0.2, 0.25) is 5.02 Å². The monoisotopic (exact) mass is 323 g/mol. The van der Waals surface area contributed by atoms with Gasteiger partial charge in [0, 0.05) is 44.9 Å². The van der Waals surface area contributed by atoms with Gasteiger partial charge in [-0.2, -0.15) is 0 Å². The lowest BCUT2D eigenvalue weighted by Crippen LogP contribution is -2.18. The second-order valence-corrected chi connectivity index (χ2v) is 5.91. The van der Waals surface area contributed by atoms with E-state index in [1.54, 1.807) is 0 Å². The first-order chi connectivity index (χ1) is 11.2. The number of nitrogens with zero attached hydrogens (tertiary/aromatic N) is 1. The number of amides is 1. The Morgan fingerprint density at radius 2 is 2.00 bits per heavy atom. The molecule has 114 valence electrons. The maximum Gasteiger partial charge on any atom is 0.244 e. The van der Waals surface area contributed by atoms with Crippen LogP contribution in [0.3, 0.4) is 0 Å². The van der Waals surface area contributed by atoms with Crippen molar-refractivity contribution in [3.63, 3.8) is 0 Å². The molecule has 4 aromatic rings. The predicted octanol–water partition coefficient (Wildman–Crippen LogP) is 4.41. The Morgan fingerprint density at radius 1 is 1.09 bits per heavy atom. The molecule has 0 saturated carbocycles. The number of rotatable bonds is 3. The van der Waals surface area contributed by atoms with E-state index in [1.165, 1.54) is 0 Å². The lowest BCUT2D eigenvalue weighted by atomic mass is 10.2. The molecule has 2 N–H and O–H groups in total. The number of aromatic amines is 1. The van der Waals surface area contributed by atoms with Crippen LogP contribution >= 0.6 is 11.6 Å².